The Morgan fingerprint density at radius 2 is 1.62 bits per heavy atom. The topological polar surface area (TPSA) is 115 Å². The molecule has 0 bridgehead atoms. The van der Waals surface area contributed by atoms with Crippen molar-refractivity contribution < 1.29 is 27.4 Å². The van der Waals surface area contributed by atoms with Crippen molar-refractivity contribution in [3.8, 4) is 17.2 Å². The Kier molecular flexibility index (Phi) is 7.57. The van der Waals surface area contributed by atoms with Crippen LogP contribution in [0.5, 0.6) is 17.2 Å². The monoisotopic (exact) mass is 421 g/mol. The van der Waals surface area contributed by atoms with E-state index in [1.54, 1.807) is 24.3 Å². The molecule has 2 aromatic rings. The minimum Gasteiger partial charge on any atom is -0.493 e. The molecule has 0 fully saturated rings. The molecule has 0 unspecified atom stereocenters. The van der Waals surface area contributed by atoms with Crippen LogP contribution in [0.15, 0.2) is 46.4 Å². The second kappa shape index (κ2) is 9.89. The number of benzene rings is 2. The molecule has 0 aliphatic heterocycles. The fourth-order valence-corrected chi connectivity index (χ4v) is 3.34. The molecule has 0 heterocycles. The molecule has 2 N–H and O–H groups in total. The normalized spacial score (nSPS) is 11.3. The smallest absolute Gasteiger partial charge is 0.255 e. The minimum absolute atomic E-state index is 0.0804. The van der Waals surface area contributed by atoms with Crippen LogP contribution in [0.4, 0.5) is 0 Å². The van der Waals surface area contributed by atoms with Gasteiger partial charge in [-0.3, -0.25) is 4.79 Å². The van der Waals surface area contributed by atoms with Crippen LogP contribution in [0, 0.1) is 6.92 Å². The first-order chi connectivity index (χ1) is 13.8. The summed E-state index contributed by atoms with van der Waals surface area (Å²) in [4.78, 5) is 12.0. The average Bonchev–Trinajstić information content (AvgIpc) is 2.71. The van der Waals surface area contributed by atoms with Crippen molar-refractivity contribution in [1.82, 2.24) is 10.1 Å². The van der Waals surface area contributed by atoms with Crippen molar-refractivity contribution >= 4 is 22.1 Å². The summed E-state index contributed by atoms with van der Waals surface area (Å²) < 4.78 is 42.3. The number of amides is 1. The zero-order chi connectivity index (χ0) is 21.4. The van der Waals surface area contributed by atoms with Gasteiger partial charge in [0.25, 0.3) is 5.91 Å². The first-order valence-corrected chi connectivity index (χ1v) is 9.97. The van der Waals surface area contributed by atoms with E-state index < -0.39 is 22.5 Å². The van der Waals surface area contributed by atoms with Gasteiger partial charge in [-0.2, -0.15) is 5.10 Å². The van der Waals surface area contributed by atoms with Crippen LogP contribution in [-0.4, -0.2) is 48.4 Å². The maximum atomic E-state index is 12.2. The van der Waals surface area contributed by atoms with Crippen molar-refractivity contribution in [3.63, 3.8) is 0 Å². The van der Waals surface area contributed by atoms with E-state index in [-0.39, 0.29) is 4.90 Å². The lowest BCUT2D eigenvalue weighted by Crippen LogP contribution is -2.34. The molecule has 0 saturated carbocycles. The van der Waals surface area contributed by atoms with Gasteiger partial charge < -0.3 is 14.2 Å². The molecule has 10 heteroatoms. The number of hydrazone groups is 1. The Hall–Kier alpha value is -3.11. The van der Waals surface area contributed by atoms with E-state index in [9.17, 15) is 13.2 Å². The standard InChI is InChI=1S/C19H23N3O6S/c1-13-5-7-15(8-6-13)29(24,25)21-12-18(23)22-20-11-14-9-16(26-2)19(28-4)17(10-14)27-3/h5-11,21H,12H2,1-4H3,(H,22,23)/b20-11-. The van der Waals surface area contributed by atoms with Gasteiger partial charge in [-0.1, -0.05) is 17.7 Å². The zero-order valence-corrected chi connectivity index (χ0v) is 17.4. The number of hydrogen-bond donors (Lipinski definition) is 2. The third-order valence-electron chi connectivity index (χ3n) is 3.84. The molecule has 0 spiro atoms. The third-order valence-corrected chi connectivity index (χ3v) is 5.26. The number of sulfonamides is 1. The van der Waals surface area contributed by atoms with Gasteiger partial charge in [-0.25, -0.2) is 18.6 Å². The van der Waals surface area contributed by atoms with Gasteiger partial charge in [0.2, 0.25) is 15.8 Å². The second-order valence-corrected chi connectivity index (χ2v) is 7.66. The Labute approximate surface area is 169 Å². The summed E-state index contributed by atoms with van der Waals surface area (Å²) in [6.45, 7) is 1.39. The molecule has 0 radical (unpaired) electrons. The SMILES string of the molecule is COc1cc(/C=N\NC(=O)CNS(=O)(=O)c2ccc(C)cc2)cc(OC)c1OC. The summed E-state index contributed by atoms with van der Waals surface area (Å²) in [6.07, 6.45) is 1.37. The van der Waals surface area contributed by atoms with E-state index in [1.807, 2.05) is 6.92 Å². The molecule has 9 nitrogen and oxygen atoms in total. The fraction of sp³-hybridized carbons (Fsp3) is 0.263. The van der Waals surface area contributed by atoms with Gasteiger partial charge in [0, 0.05) is 5.56 Å². The summed E-state index contributed by atoms with van der Waals surface area (Å²) in [5.41, 5.74) is 3.78. The van der Waals surface area contributed by atoms with E-state index in [0.717, 1.165) is 5.56 Å². The molecule has 0 atom stereocenters. The van der Waals surface area contributed by atoms with Crippen LogP contribution in [0.1, 0.15) is 11.1 Å². The lowest BCUT2D eigenvalue weighted by Gasteiger charge is -2.12. The molecular weight excluding hydrogens is 398 g/mol. The highest BCUT2D eigenvalue weighted by atomic mass is 32.2. The summed E-state index contributed by atoms with van der Waals surface area (Å²) >= 11 is 0. The number of nitrogens with one attached hydrogen (secondary N) is 2. The van der Waals surface area contributed by atoms with Crippen molar-refractivity contribution in [2.24, 2.45) is 5.10 Å². The fourth-order valence-electron chi connectivity index (χ4n) is 2.36. The van der Waals surface area contributed by atoms with Gasteiger partial charge in [0.1, 0.15) is 0 Å². The van der Waals surface area contributed by atoms with Crippen LogP contribution >= 0.6 is 0 Å². The summed E-state index contributed by atoms with van der Waals surface area (Å²) in [5.74, 6) is 0.682. The van der Waals surface area contributed by atoms with Crippen molar-refractivity contribution in [3.05, 3.63) is 47.5 Å². The first-order valence-electron chi connectivity index (χ1n) is 8.49. The van der Waals surface area contributed by atoms with Crippen molar-refractivity contribution in [1.29, 1.82) is 0 Å². The van der Waals surface area contributed by atoms with E-state index in [1.165, 1.54) is 39.7 Å². The lowest BCUT2D eigenvalue weighted by atomic mass is 10.2. The number of nitrogens with zero attached hydrogens (tertiary/aromatic N) is 1. The number of rotatable bonds is 9. The largest absolute Gasteiger partial charge is 0.493 e. The molecule has 156 valence electrons. The highest BCUT2D eigenvalue weighted by molar-refractivity contribution is 7.89. The predicted molar refractivity (Wildman–Crippen MR) is 108 cm³/mol. The number of carbonyl (C=O) groups is 1. The van der Waals surface area contributed by atoms with Crippen LogP contribution in [0.3, 0.4) is 0 Å². The lowest BCUT2D eigenvalue weighted by molar-refractivity contribution is -0.119. The van der Waals surface area contributed by atoms with Gasteiger partial charge in [-0.15, -0.1) is 0 Å². The predicted octanol–water partition coefficient (Wildman–Crippen LogP) is 1.45. The van der Waals surface area contributed by atoms with Gasteiger partial charge in [-0.05, 0) is 31.2 Å². The average molecular weight is 421 g/mol. The maximum Gasteiger partial charge on any atom is 0.255 e. The highest BCUT2D eigenvalue weighted by Crippen LogP contribution is 2.37. The quantitative estimate of drug-likeness (QED) is 0.468. The molecule has 0 aliphatic rings. The van der Waals surface area contributed by atoms with E-state index >= 15 is 0 Å². The summed E-state index contributed by atoms with van der Waals surface area (Å²) in [6, 6.07) is 9.59. The van der Waals surface area contributed by atoms with Gasteiger partial charge in [0.05, 0.1) is 39.0 Å². The molecule has 0 aliphatic carbocycles. The molecular formula is C19H23N3O6S. The maximum absolute atomic E-state index is 12.2. The number of aryl methyl sites for hydroxylation is 1. The molecule has 2 aromatic carbocycles. The van der Waals surface area contributed by atoms with E-state index in [0.29, 0.717) is 22.8 Å². The van der Waals surface area contributed by atoms with Gasteiger partial charge in [0.15, 0.2) is 11.5 Å². The summed E-state index contributed by atoms with van der Waals surface area (Å²) in [5, 5.41) is 3.82. The van der Waals surface area contributed by atoms with Crippen LogP contribution < -0.4 is 24.4 Å². The molecule has 29 heavy (non-hydrogen) atoms. The van der Waals surface area contributed by atoms with Crippen LogP contribution in [0.25, 0.3) is 0 Å². The number of carbonyl (C=O) groups excluding carboxylic acids is 1. The second-order valence-electron chi connectivity index (χ2n) is 5.89. The molecule has 2 rings (SSSR count). The third kappa shape index (κ3) is 5.93. The number of ether oxygens (including phenoxy) is 3. The zero-order valence-electron chi connectivity index (χ0n) is 16.6. The van der Waals surface area contributed by atoms with E-state index in [2.05, 4.69) is 15.2 Å². The van der Waals surface area contributed by atoms with Crippen molar-refractivity contribution in [2.75, 3.05) is 27.9 Å². The Morgan fingerprint density at radius 3 is 2.14 bits per heavy atom. The number of methoxy groups -OCH3 is 3. The molecule has 0 saturated heterocycles. The minimum atomic E-state index is -3.78. The number of hydrogen-bond acceptors (Lipinski definition) is 7. The van der Waals surface area contributed by atoms with E-state index in [4.69, 9.17) is 14.2 Å². The first kappa shape index (κ1) is 22.2. The Balaban J connectivity index is 1.98. The summed E-state index contributed by atoms with van der Waals surface area (Å²) in [7, 11) is 0.680. The van der Waals surface area contributed by atoms with Gasteiger partial charge >= 0.3 is 0 Å². The Bertz CT molecular complexity index is 962. The van der Waals surface area contributed by atoms with Crippen LogP contribution in [-0.2, 0) is 14.8 Å². The highest BCUT2D eigenvalue weighted by Gasteiger charge is 2.15. The van der Waals surface area contributed by atoms with Crippen molar-refractivity contribution in [2.45, 2.75) is 11.8 Å². The molecule has 0 aromatic heterocycles. The molecule has 1 amide bonds. The Morgan fingerprint density at radius 1 is 1.03 bits per heavy atom. The van der Waals surface area contributed by atoms with Crippen LogP contribution in [0.2, 0.25) is 0 Å².